The fourth-order valence-electron chi connectivity index (χ4n) is 0.165. The van der Waals surface area contributed by atoms with Gasteiger partial charge >= 0.3 is 10.0 Å². The maximum atomic E-state index is 10.0. The zero-order valence-corrected chi connectivity index (χ0v) is 6.13. The van der Waals surface area contributed by atoms with E-state index in [9.17, 15) is 4.79 Å². The Bertz CT molecular complexity index is 91.3. The first-order valence-electron chi connectivity index (χ1n) is 2.13. The highest BCUT2D eigenvalue weighted by Crippen LogP contribution is 1.73. The quantitative estimate of drug-likeness (QED) is 0.301. The van der Waals surface area contributed by atoms with E-state index in [2.05, 4.69) is 15.4 Å². The van der Waals surface area contributed by atoms with Crippen LogP contribution >= 0.6 is 0 Å². The fourth-order valence-corrected chi connectivity index (χ4v) is 0.495. The number of hydrogen-bond acceptors (Lipinski definition) is 3. The van der Waals surface area contributed by atoms with Crippen LogP contribution in [0.3, 0.4) is 0 Å². The van der Waals surface area contributed by atoms with Crippen molar-refractivity contribution in [1.29, 1.82) is 0 Å². The molecule has 0 aliphatic carbocycles. The smallest absolute Gasteiger partial charge is 0.429 e. The molecule has 0 heterocycles. The van der Waals surface area contributed by atoms with Crippen molar-refractivity contribution in [3.05, 3.63) is 12.8 Å². The van der Waals surface area contributed by atoms with Gasteiger partial charge in [0.05, 0.1) is 6.26 Å². The molecule has 0 aromatic rings. The van der Waals surface area contributed by atoms with Crippen LogP contribution in [-0.4, -0.2) is 16.0 Å². The summed E-state index contributed by atoms with van der Waals surface area (Å²) in [6, 6.07) is 0. The van der Waals surface area contributed by atoms with Crippen molar-refractivity contribution in [2.75, 3.05) is 0 Å². The van der Waals surface area contributed by atoms with Gasteiger partial charge in [-0.1, -0.05) is 6.58 Å². The Morgan fingerprint density at radius 2 is 2.50 bits per heavy atom. The summed E-state index contributed by atoms with van der Waals surface area (Å²) in [6.45, 7) is 4.63. The van der Waals surface area contributed by atoms with Crippen molar-refractivity contribution in [2.45, 2.75) is 6.92 Å². The van der Waals surface area contributed by atoms with Crippen molar-refractivity contribution < 1.29 is 13.6 Å². The maximum absolute atomic E-state index is 10.0. The molecule has 0 fully saturated rings. The molecule has 0 aliphatic rings. The van der Waals surface area contributed by atoms with Gasteiger partial charge in [0.1, 0.15) is 0 Å². The summed E-state index contributed by atoms with van der Waals surface area (Å²) < 4.78 is 9.09. The van der Waals surface area contributed by atoms with E-state index in [1.807, 2.05) is 0 Å². The summed E-state index contributed by atoms with van der Waals surface area (Å²) in [7, 11) is -1.10. The van der Waals surface area contributed by atoms with Gasteiger partial charge in [-0.25, -0.2) is 0 Å². The fraction of sp³-hybridized carbons (Fsp3) is 0.250. The highest BCUT2D eigenvalue weighted by Gasteiger charge is 1.88. The number of hydrogen-bond donors (Lipinski definition) is 0. The summed E-state index contributed by atoms with van der Waals surface area (Å²) >= 11 is 0. The van der Waals surface area contributed by atoms with Crippen molar-refractivity contribution in [2.24, 2.45) is 0 Å². The molecule has 0 aliphatic heterocycles. The molecule has 0 saturated heterocycles. The second-order valence-corrected chi connectivity index (χ2v) is 1.94. The van der Waals surface area contributed by atoms with Gasteiger partial charge in [0.25, 0.3) is 5.97 Å². The van der Waals surface area contributed by atoms with Crippen molar-refractivity contribution >= 4 is 16.0 Å². The molecular formula is C4H8O3Si. The molecule has 46 valence electrons. The highest BCUT2D eigenvalue weighted by atomic mass is 28.3. The summed E-state index contributed by atoms with van der Waals surface area (Å²) in [4.78, 5) is 10.0. The Balaban J connectivity index is 2.93. The van der Waals surface area contributed by atoms with Crippen molar-refractivity contribution in [3.8, 4) is 0 Å². The summed E-state index contributed by atoms with van der Waals surface area (Å²) in [5, 5.41) is 0. The van der Waals surface area contributed by atoms with Crippen LogP contribution in [0.2, 0.25) is 0 Å². The molecule has 3 nitrogen and oxygen atoms in total. The van der Waals surface area contributed by atoms with Crippen LogP contribution in [0.25, 0.3) is 0 Å². The molecule has 0 aromatic carbocycles. The molecule has 0 unspecified atom stereocenters. The van der Waals surface area contributed by atoms with Gasteiger partial charge in [0.2, 0.25) is 0 Å². The zero-order valence-electron chi connectivity index (χ0n) is 4.72. The van der Waals surface area contributed by atoms with Gasteiger partial charge in [0, 0.05) is 6.92 Å². The topological polar surface area (TPSA) is 35.5 Å². The molecule has 8 heavy (non-hydrogen) atoms. The lowest BCUT2D eigenvalue weighted by molar-refractivity contribution is -0.132. The minimum Gasteiger partial charge on any atom is -0.523 e. The summed E-state index contributed by atoms with van der Waals surface area (Å²) in [5.74, 6) is -0.293. The van der Waals surface area contributed by atoms with Gasteiger partial charge in [-0.15, -0.1) is 0 Å². The Morgan fingerprint density at radius 3 is 2.88 bits per heavy atom. The second-order valence-electron chi connectivity index (χ2n) is 1.09. The van der Waals surface area contributed by atoms with Gasteiger partial charge in [-0.05, 0) is 0 Å². The average Bonchev–Trinajstić information content (AvgIpc) is 1.66. The Hall–Kier alpha value is -0.773. The molecule has 0 spiro atoms. The number of carbonyl (C=O) groups is 1. The first kappa shape index (κ1) is 7.23. The van der Waals surface area contributed by atoms with Gasteiger partial charge in [-0.3, -0.25) is 4.79 Å². The van der Waals surface area contributed by atoms with Crippen LogP contribution in [0.4, 0.5) is 0 Å². The molecule has 0 bridgehead atoms. The van der Waals surface area contributed by atoms with Crippen LogP contribution in [0.5, 0.6) is 0 Å². The SMILES string of the molecule is C=CO[SiH2]OC(C)=O. The lowest BCUT2D eigenvalue weighted by Crippen LogP contribution is -2.04. The maximum Gasteiger partial charge on any atom is 0.429 e. The predicted octanol–water partition coefficient (Wildman–Crippen LogP) is -0.292. The van der Waals surface area contributed by atoms with E-state index in [4.69, 9.17) is 0 Å². The molecule has 0 saturated carbocycles. The van der Waals surface area contributed by atoms with E-state index in [1.54, 1.807) is 0 Å². The van der Waals surface area contributed by atoms with Crippen LogP contribution in [0, 0.1) is 0 Å². The lowest BCUT2D eigenvalue weighted by Gasteiger charge is -1.97. The van der Waals surface area contributed by atoms with Crippen LogP contribution in [0.1, 0.15) is 6.92 Å². The largest absolute Gasteiger partial charge is 0.523 e. The molecule has 0 aromatic heterocycles. The van der Waals surface area contributed by atoms with Crippen LogP contribution < -0.4 is 0 Å². The standard InChI is InChI=1S/C4H8O3Si/c1-3-6-8-7-4(2)5/h3H,1,8H2,2H3. The normalized spacial score (nSPS) is 9.12. The van der Waals surface area contributed by atoms with E-state index in [0.29, 0.717) is 0 Å². The first-order chi connectivity index (χ1) is 3.77. The molecule has 0 N–H and O–H groups in total. The molecular weight excluding hydrogens is 124 g/mol. The zero-order chi connectivity index (χ0) is 6.41. The van der Waals surface area contributed by atoms with E-state index >= 15 is 0 Å². The summed E-state index contributed by atoms with van der Waals surface area (Å²) in [5.41, 5.74) is 0. The molecule has 0 amide bonds. The third-order valence-corrected chi connectivity index (χ3v) is 1.34. The van der Waals surface area contributed by atoms with Crippen molar-refractivity contribution in [3.63, 3.8) is 0 Å². The summed E-state index contributed by atoms with van der Waals surface area (Å²) in [6.07, 6.45) is 1.27. The Labute approximate surface area is 50.4 Å². The van der Waals surface area contributed by atoms with E-state index in [-0.39, 0.29) is 5.97 Å². The van der Waals surface area contributed by atoms with Crippen LogP contribution in [-0.2, 0) is 13.6 Å². The van der Waals surface area contributed by atoms with Gasteiger partial charge < -0.3 is 8.85 Å². The van der Waals surface area contributed by atoms with E-state index in [0.717, 1.165) is 0 Å². The van der Waals surface area contributed by atoms with Gasteiger partial charge in [-0.2, -0.15) is 0 Å². The van der Waals surface area contributed by atoms with E-state index < -0.39 is 10.0 Å². The lowest BCUT2D eigenvalue weighted by atomic mass is 10.9. The number of carbonyl (C=O) groups excluding carboxylic acids is 1. The number of rotatable bonds is 3. The Kier molecular flexibility index (Phi) is 3.96. The second kappa shape index (κ2) is 4.39. The monoisotopic (exact) mass is 132 g/mol. The minimum atomic E-state index is -1.10. The predicted molar refractivity (Wildman–Crippen MR) is 31.6 cm³/mol. The molecule has 4 heteroatoms. The minimum absolute atomic E-state index is 0.293. The third kappa shape index (κ3) is 5.23. The first-order valence-corrected chi connectivity index (χ1v) is 3.28. The van der Waals surface area contributed by atoms with Crippen molar-refractivity contribution in [1.82, 2.24) is 0 Å². The molecule has 0 radical (unpaired) electrons. The van der Waals surface area contributed by atoms with Crippen LogP contribution in [0.15, 0.2) is 12.8 Å². The third-order valence-electron chi connectivity index (χ3n) is 0.448. The highest BCUT2D eigenvalue weighted by molar-refractivity contribution is 6.22. The Morgan fingerprint density at radius 1 is 1.88 bits per heavy atom. The van der Waals surface area contributed by atoms with Gasteiger partial charge in [0.15, 0.2) is 0 Å². The molecule has 0 rings (SSSR count). The van der Waals surface area contributed by atoms with E-state index in [1.165, 1.54) is 13.2 Å². The molecule has 0 atom stereocenters. The average molecular weight is 132 g/mol.